The van der Waals surface area contributed by atoms with E-state index in [-0.39, 0.29) is 0 Å². The minimum absolute atomic E-state index is 0.709. The van der Waals surface area contributed by atoms with Crippen LogP contribution in [0, 0.1) is 0 Å². The summed E-state index contributed by atoms with van der Waals surface area (Å²) in [7, 11) is 0. The molecule has 0 spiro atoms. The van der Waals surface area contributed by atoms with Crippen molar-refractivity contribution < 1.29 is 0 Å². The fourth-order valence-electron chi connectivity index (χ4n) is 3.36. The first-order valence-electron chi connectivity index (χ1n) is 7.54. The number of benzene rings is 2. The molecule has 0 radical (unpaired) electrons. The summed E-state index contributed by atoms with van der Waals surface area (Å²) in [6, 6.07) is 16.0. The van der Waals surface area contributed by atoms with Gasteiger partial charge in [0.1, 0.15) is 0 Å². The average molecular weight is 250 g/mol. The molecule has 3 rings (SSSR count). The number of fused-ring (bicyclic) bond motifs is 3. The zero-order chi connectivity index (χ0) is 13.2. The number of aryl methyl sites for hydroxylation is 1. The van der Waals surface area contributed by atoms with Gasteiger partial charge in [0, 0.05) is 0 Å². The quantitative estimate of drug-likeness (QED) is 0.688. The molecule has 0 saturated carbocycles. The second kappa shape index (κ2) is 5.21. The third-order valence-electron chi connectivity index (χ3n) is 4.38. The molecule has 0 aromatic heterocycles. The van der Waals surface area contributed by atoms with Gasteiger partial charge >= 0.3 is 0 Å². The maximum absolute atomic E-state index is 2.41. The smallest absolute Gasteiger partial charge is 0.0115 e. The molecule has 0 bridgehead atoms. The molecule has 1 atom stereocenters. The van der Waals surface area contributed by atoms with Crippen LogP contribution in [0.1, 0.15) is 49.3 Å². The molecule has 1 unspecified atom stereocenters. The van der Waals surface area contributed by atoms with E-state index in [4.69, 9.17) is 0 Å². The summed E-state index contributed by atoms with van der Waals surface area (Å²) in [6.07, 6.45) is 4.89. The van der Waals surface area contributed by atoms with E-state index in [0.29, 0.717) is 5.92 Å². The maximum Gasteiger partial charge on any atom is -0.0115 e. The third kappa shape index (κ3) is 2.20. The molecule has 0 fully saturated rings. The molecular weight excluding hydrogens is 228 g/mol. The Balaban J connectivity index is 2.16. The molecule has 0 N–H and O–H groups in total. The van der Waals surface area contributed by atoms with E-state index in [9.17, 15) is 0 Å². The van der Waals surface area contributed by atoms with Gasteiger partial charge in [-0.1, -0.05) is 62.7 Å². The summed E-state index contributed by atoms with van der Waals surface area (Å²) in [6.45, 7) is 4.53. The van der Waals surface area contributed by atoms with Gasteiger partial charge in [0.15, 0.2) is 0 Å². The van der Waals surface area contributed by atoms with Gasteiger partial charge in [-0.3, -0.25) is 0 Å². The Bertz CT molecular complexity index is 580. The molecule has 2 aromatic carbocycles. The first-order chi connectivity index (χ1) is 9.33. The standard InChI is InChI=1S/C19H22/c1-3-7-15-13-16-8-5-6-9-17(16)19-12-14(4-2)10-11-18(15)19/h5-6,8-12,15H,3-4,7,13H2,1-2H3. The molecule has 0 aliphatic heterocycles. The maximum atomic E-state index is 2.41. The van der Waals surface area contributed by atoms with Gasteiger partial charge in [0.25, 0.3) is 0 Å². The molecule has 0 amide bonds. The third-order valence-corrected chi connectivity index (χ3v) is 4.38. The van der Waals surface area contributed by atoms with Crippen molar-refractivity contribution in [3.05, 3.63) is 59.2 Å². The van der Waals surface area contributed by atoms with Crippen molar-refractivity contribution in [2.45, 2.75) is 45.4 Å². The highest BCUT2D eigenvalue weighted by Crippen LogP contribution is 2.41. The Morgan fingerprint density at radius 2 is 1.84 bits per heavy atom. The summed E-state index contributed by atoms with van der Waals surface area (Å²) in [5, 5.41) is 0. The average Bonchev–Trinajstić information content (AvgIpc) is 2.47. The highest BCUT2D eigenvalue weighted by Gasteiger charge is 2.23. The van der Waals surface area contributed by atoms with Gasteiger partial charge in [0.05, 0.1) is 0 Å². The van der Waals surface area contributed by atoms with E-state index in [1.54, 1.807) is 5.56 Å². The van der Waals surface area contributed by atoms with Crippen LogP contribution in [0.15, 0.2) is 42.5 Å². The lowest BCUT2D eigenvalue weighted by atomic mass is 9.76. The van der Waals surface area contributed by atoms with Crippen LogP contribution < -0.4 is 0 Å². The topological polar surface area (TPSA) is 0 Å². The second-order valence-corrected chi connectivity index (χ2v) is 5.62. The van der Waals surface area contributed by atoms with E-state index >= 15 is 0 Å². The van der Waals surface area contributed by atoms with Crippen molar-refractivity contribution in [2.24, 2.45) is 0 Å². The Kier molecular flexibility index (Phi) is 3.42. The van der Waals surface area contributed by atoms with Crippen LogP contribution >= 0.6 is 0 Å². The molecule has 1 aliphatic carbocycles. The Hall–Kier alpha value is -1.56. The lowest BCUT2D eigenvalue weighted by Gasteiger charge is -2.28. The molecule has 0 heterocycles. The van der Waals surface area contributed by atoms with Crippen molar-refractivity contribution in [3.8, 4) is 11.1 Å². The summed E-state index contributed by atoms with van der Waals surface area (Å²) < 4.78 is 0. The Morgan fingerprint density at radius 1 is 1.00 bits per heavy atom. The molecule has 0 heteroatoms. The van der Waals surface area contributed by atoms with Gasteiger partial charge in [-0.2, -0.15) is 0 Å². The van der Waals surface area contributed by atoms with Gasteiger partial charge in [0.2, 0.25) is 0 Å². The SMILES string of the molecule is CCCC1Cc2ccccc2-c2cc(CC)ccc21. The highest BCUT2D eigenvalue weighted by molar-refractivity contribution is 5.74. The summed E-state index contributed by atoms with van der Waals surface area (Å²) in [4.78, 5) is 0. The van der Waals surface area contributed by atoms with Crippen molar-refractivity contribution in [1.29, 1.82) is 0 Å². The largest absolute Gasteiger partial charge is 0.0654 e. The first kappa shape index (κ1) is 12.5. The van der Waals surface area contributed by atoms with E-state index in [0.717, 1.165) is 6.42 Å². The van der Waals surface area contributed by atoms with Crippen molar-refractivity contribution in [1.82, 2.24) is 0 Å². The van der Waals surface area contributed by atoms with Gasteiger partial charge < -0.3 is 0 Å². The molecular formula is C19H22. The lowest BCUT2D eigenvalue weighted by Crippen LogP contribution is -2.11. The molecule has 98 valence electrons. The van der Waals surface area contributed by atoms with Gasteiger partial charge in [-0.25, -0.2) is 0 Å². The first-order valence-corrected chi connectivity index (χ1v) is 7.54. The highest BCUT2D eigenvalue weighted by atomic mass is 14.3. The van der Waals surface area contributed by atoms with Crippen LogP contribution in [0.3, 0.4) is 0 Å². The fourth-order valence-corrected chi connectivity index (χ4v) is 3.36. The summed E-state index contributed by atoms with van der Waals surface area (Å²) in [5.41, 5.74) is 7.49. The van der Waals surface area contributed by atoms with Crippen LogP contribution in [-0.4, -0.2) is 0 Å². The van der Waals surface area contributed by atoms with Crippen molar-refractivity contribution in [2.75, 3.05) is 0 Å². The monoisotopic (exact) mass is 250 g/mol. The second-order valence-electron chi connectivity index (χ2n) is 5.62. The minimum atomic E-state index is 0.709. The predicted octanol–water partition coefficient (Wildman–Crippen LogP) is 5.36. The van der Waals surface area contributed by atoms with Gasteiger partial charge in [-0.15, -0.1) is 0 Å². The van der Waals surface area contributed by atoms with Crippen molar-refractivity contribution >= 4 is 0 Å². The lowest BCUT2D eigenvalue weighted by molar-refractivity contribution is 0.605. The van der Waals surface area contributed by atoms with E-state index < -0.39 is 0 Å². The van der Waals surface area contributed by atoms with Crippen LogP contribution in [0.2, 0.25) is 0 Å². The van der Waals surface area contributed by atoms with Crippen LogP contribution in [-0.2, 0) is 12.8 Å². The zero-order valence-corrected chi connectivity index (χ0v) is 11.9. The minimum Gasteiger partial charge on any atom is -0.0654 e. The van der Waals surface area contributed by atoms with Crippen molar-refractivity contribution in [3.63, 3.8) is 0 Å². The molecule has 2 aromatic rings. The molecule has 1 aliphatic rings. The van der Waals surface area contributed by atoms with E-state index in [1.165, 1.54) is 41.5 Å². The summed E-state index contributed by atoms with van der Waals surface area (Å²) >= 11 is 0. The Morgan fingerprint density at radius 3 is 2.63 bits per heavy atom. The normalized spacial score (nSPS) is 16.8. The van der Waals surface area contributed by atoms with E-state index in [1.807, 2.05) is 0 Å². The van der Waals surface area contributed by atoms with E-state index in [2.05, 4.69) is 56.3 Å². The zero-order valence-electron chi connectivity index (χ0n) is 11.9. The van der Waals surface area contributed by atoms with Crippen LogP contribution in [0.5, 0.6) is 0 Å². The number of hydrogen-bond donors (Lipinski definition) is 0. The van der Waals surface area contributed by atoms with Gasteiger partial charge in [-0.05, 0) is 53.0 Å². The van der Waals surface area contributed by atoms with Crippen LogP contribution in [0.25, 0.3) is 11.1 Å². The fraction of sp³-hybridized carbons (Fsp3) is 0.368. The number of rotatable bonds is 3. The predicted molar refractivity (Wildman–Crippen MR) is 82.6 cm³/mol. The summed E-state index contributed by atoms with van der Waals surface area (Å²) in [5.74, 6) is 0.709. The Labute approximate surface area is 116 Å². The van der Waals surface area contributed by atoms with Crippen LogP contribution in [0.4, 0.5) is 0 Å². The number of hydrogen-bond acceptors (Lipinski definition) is 0. The molecule has 0 saturated heterocycles. The molecule has 0 nitrogen and oxygen atoms in total. The molecule has 19 heavy (non-hydrogen) atoms.